The molecule has 0 aromatic carbocycles. The second kappa shape index (κ2) is 3.30. The van der Waals surface area contributed by atoms with E-state index < -0.39 is 0 Å². The Labute approximate surface area is 81.1 Å². The Morgan fingerprint density at radius 1 is 1.46 bits per heavy atom. The van der Waals surface area contributed by atoms with Crippen LogP contribution in [0.2, 0.25) is 0 Å². The first-order valence-corrected chi connectivity index (χ1v) is 5.07. The number of rotatable bonds is 2. The summed E-state index contributed by atoms with van der Waals surface area (Å²) in [5, 5.41) is 7.99. The van der Waals surface area contributed by atoms with Gasteiger partial charge in [0.05, 0.1) is 4.88 Å². The molecule has 2 aromatic rings. The van der Waals surface area contributed by atoms with E-state index in [1.54, 1.807) is 17.7 Å². The van der Waals surface area contributed by atoms with Crippen LogP contribution in [0, 0.1) is 6.92 Å². The van der Waals surface area contributed by atoms with Crippen molar-refractivity contribution in [2.45, 2.75) is 20.4 Å². The van der Waals surface area contributed by atoms with Gasteiger partial charge < -0.3 is 4.57 Å². The fraction of sp³-hybridized carbons (Fsp3) is 0.333. The van der Waals surface area contributed by atoms with Gasteiger partial charge in [0.2, 0.25) is 0 Å². The minimum Gasteiger partial charge on any atom is -0.313 e. The van der Waals surface area contributed by atoms with E-state index in [9.17, 15) is 0 Å². The molecular formula is C9H11N3S. The highest BCUT2D eigenvalue weighted by Crippen LogP contribution is 2.25. The molecular weight excluding hydrogens is 182 g/mol. The summed E-state index contributed by atoms with van der Waals surface area (Å²) in [6.45, 7) is 5.10. The van der Waals surface area contributed by atoms with Gasteiger partial charge in [0.1, 0.15) is 6.33 Å². The van der Waals surface area contributed by atoms with Gasteiger partial charge >= 0.3 is 0 Å². The van der Waals surface area contributed by atoms with Gasteiger partial charge in [-0.2, -0.15) is 0 Å². The molecule has 0 N–H and O–H groups in total. The SMILES string of the molecule is CCn1cnnc1-c1ccc(C)s1. The highest BCUT2D eigenvalue weighted by Gasteiger charge is 2.07. The predicted molar refractivity (Wildman–Crippen MR) is 53.7 cm³/mol. The van der Waals surface area contributed by atoms with Crippen LogP contribution in [0.1, 0.15) is 11.8 Å². The molecule has 13 heavy (non-hydrogen) atoms. The maximum atomic E-state index is 4.09. The van der Waals surface area contributed by atoms with Crippen LogP contribution in [0.4, 0.5) is 0 Å². The molecule has 0 aliphatic rings. The second-order valence-corrected chi connectivity index (χ2v) is 4.14. The summed E-state index contributed by atoms with van der Waals surface area (Å²) in [6.07, 6.45) is 1.77. The first-order valence-electron chi connectivity index (χ1n) is 4.26. The lowest BCUT2D eigenvalue weighted by atomic mass is 10.4. The minimum atomic E-state index is 0.916. The van der Waals surface area contributed by atoms with Crippen molar-refractivity contribution in [2.75, 3.05) is 0 Å². The highest BCUT2D eigenvalue weighted by molar-refractivity contribution is 7.15. The molecule has 0 aliphatic heterocycles. The third-order valence-corrected chi connectivity index (χ3v) is 2.91. The molecule has 0 saturated heterocycles. The summed E-state index contributed by atoms with van der Waals surface area (Å²) in [5.74, 6) is 0.973. The molecule has 0 aliphatic carbocycles. The zero-order valence-electron chi connectivity index (χ0n) is 7.69. The van der Waals surface area contributed by atoms with Crippen LogP contribution in [-0.2, 0) is 6.54 Å². The Kier molecular flexibility index (Phi) is 2.14. The summed E-state index contributed by atoms with van der Waals surface area (Å²) in [4.78, 5) is 2.50. The van der Waals surface area contributed by atoms with Gasteiger partial charge in [-0.15, -0.1) is 21.5 Å². The number of hydrogen-bond donors (Lipinski definition) is 0. The largest absolute Gasteiger partial charge is 0.313 e. The number of nitrogens with zero attached hydrogens (tertiary/aromatic N) is 3. The molecule has 0 saturated carbocycles. The normalized spacial score (nSPS) is 10.6. The lowest BCUT2D eigenvalue weighted by molar-refractivity contribution is 0.768. The topological polar surface area (TPSA) is 30.7 Å². The van der Waals surface area contributed by atoms with Crippen molar-refractivity contribution >= 4 is 11.3 Å². The fourth-order valence-electron chi connectivity index (χ4n) is 1.23. The molecule has 0 unspecified atom stereocenters. The standard InChI is InChI=1S/C9H11N3S/c1-3-12-6-10-11-9(12)8-5-4-7(2)13-8/h4-6H,3H2,1-2H3. The van der Waals surface area contributed by atoms with E-state index >= 15 is 0 Å². The number of aromatic nitrogens is 3. The molecule has 0 bridgehead atoms. The summed E-state index contributed by atoms with van der Waals surface area (Å²) < 4.78 is 2.05. The van der Waals surface area contributed by atoms with Gasteiger partial charge in [0, 0.05) is 11.4 Å². The molecule has 0 radical (unpaired) electrons. The summed E-state index contributed by atoms with van der Waals surface area (Å²) in [7, 11) is 0. The Bertz CT molecular complexity index is 402. The molecule has 0 fully saturated rings. The Balaban J connectivity index is 2.45. The molecule has 68 valence electrons. The second-order valence-electron chi connectivity index (χ2n) is 2.85. The smallest absolute Gasteiger partial charge is 0.173 e. The summed E-state index contributed by atoms with van der Waals surface area (Å²) >= 11 is 1.75. The van der Waals surface area contributed by atoms with E-state index in [0.29, 0.717) is 0 Å². The van der Waals surface area contributed by atoms with Crippen LogP contribution in [0.25, 0.3) is 10.7 Å². The van der Waals surface area contributed by atoms with Crippen molar-refractivity contribution < 1.29 is 0 Å². The van der Waals surface area contributed by atoms with Crippen LogP contribution in [-0.4, -0.2) is 14.8 Å². The van der Waals surface area contributed by atoms with Crippen LogP contribution in [0.5, 0.6) is 0 Å². The van der Waals surface area contributed by atoms with Crippen molar-refractivity contribution in [3.05, 3.63) is 23.3 Å². The van der Waals surface area contributed by atoms with E-state index in [1.807, 2.05) is 4.57 Å². The quantitative estimate of drug-likeness (QED) is 0.733. The van der Waals surface area contributed by atoms with Crippen LogP contribution < -0.4 is 0 Å². The van der Waals surface area contributed by atoms with Crippen LogP contribution in [0.3, 0.4) is 0 Å². The summed E-state index contributed by atoms with van der Waals surface area (Å²) in [5.41, 5.74) is 0. The molecule has 0 spiro atoms. The zero-order chi connectivity index (χ0) is 9.26. The molecule has 2 aromatic heterocycles. The van der Waals surface area contributed by atoms with E-state index in [2.05, 4.69) is 36.2 Å². The van der Waals surface area contributed by atoms with Crippen molar-refractivity contribution in [1.29, 1.82) is 0 Å². The molecule has 0 amide bonds. The van der Waals surface area contributed by atoms with Gasteiger partial charge in [-0.25, -0.2) is 0 Å². The van der Waals surface area contributed by atoms with Crippen LogP contribution in [0.15, 0.2) is 18.5 Å². The maximum absolute atomic E-state index is 4.09. The van der Waals surface area contributed by atoms with Gasteiger partial charge in [-0.3, -0.25) is 0 Å². The zero-order valence-corrected chi connectivity index (χ0v) is 8.51. The number of hydrogen-bond acceptors (Lipinski definition) is 3. The van der Waals surface area contributed by atoms with Crippen molar-refractivity contribution in [3.63, 3.8) is 0 Å². The highest BCUT2D eigenvalue weighted by atomic mass is 32.1. The van der Waals surface area contributed by atoms with E-state index in [4.69, 9.17) is 0 Å². The Morgan fingerprint density at radius 2 is 2.31 bits per heavy atom. The molecule has 2 heterocycles. The third kappa shape index (κ3) is 1.49. The Morgan fingerprint density at radius 3 is 2.92 bits per heavy atom. The number of aryl methyl sites for hydroxylation is 2. The van der Waals surface area contributed by atoms with Crippen LogP contribution >= 0.6 is 11.3 Å². The van der Waals surface area contributed by atoms with Crippen molar-refractivity contribution in [2.24, 2.45) is 0 Å². The van der Waals surface area contributed by atoms with Gasteiger partial charge in [0.15, 0.2) is 5.82 Å². The van der Waals surface area contributed by atoms with Crippen molar-refractivity contribution in [1.82, 2.24) is 14.8 Å². The van der Waals surface area contributed by atoms with E-state index in [0.717, 1.165) is 12.4 Å². The lowest BCUT2D eigenvalue weighted by Gasteiger charge is -1.98. The first kappa shape index (κ1) is 8.44. The molecule has 3 nitrogen and oxygen atoms in total. The van der Waals surface area contributed by atoms with Gasteiger partial charge in [-0.1, -0.05) is 0 Å². The molecule has 0 atom stereocenters. The lowest BCUT2D eigenvalue weighted by Crippen LogP contribution is -1.93. The van der Waals surface area contributed by atoms with Gasteiger partial charge in [-0.05, 0) is 26.0 Å². The third-order valence-electron chi connectivity index (χ3n) is 1.92. The van der Waals surface area contributed by atoms with E-state index in [-0.39, 0.29) is 0 Å². The average Bonchev–Trinajstić information content (AvgIpc) is 2.71. The first-order chi connectivity index (χ1) is 6.31. The summed E-state index contributed by atoms with van der Waals surface area (Å²) in [6, 6.07) is 4.20. The predicted octanol–water partition coefficient (Wildman–Crippen LogP) is 2.33. The average molecular weight is 193 g/mol. The molecule has 2 rings (SSSR count). The van der Waals surface area contributed by atoms with E-state index in [1.165, 1.54) is 9.75 Å². The van der Waals surface area contributed by atoms with Gasteiger partial charge in [0.25, 0.3) is 0 Å². The maximum Gasteiger partial charge on any atom is 0.173 e. The Hall–Kier alpha value is -1.16. The fourth-order valence-corrected chi connectivity index (χ4v) is 2.10. The molecule has 4 heteroatoms. The number of thiophene rings is 1. The van der Waals surface area contributed by atoms with Crippen molar-refractivity contribution in [3.8, 4) is 10.7 Å². The minimum absolute atomic E-state index is 0.916. The monoisotopic (exact) mass is 193 g/mol.